The number of aromatic nitrogens is 1. The molecule has 1 saturated carbocycles. The van der Waals surface area contributed by atoms with Crippen molar-refractivity contribution in [2.45, 2.75) is 32.1 Å². The Bertz CT molecular complexity index is 386. The Kier molecular flexibility index (Phi) is 3.99. The number of anilines is 1. The second kappa shape index (κ2) is 5.49. The first kappa shape index (κ1) is 12.4. The van der Waals surface area contributed by atoms with Crippen LogP contribution in [0.15, 0.2) is 5.38 Å². The van der Waals surface area contributed by atoms with E-state index >= 15 is 0 Å². The first-order chi connectivity index (χ1) is 8.15. The van der Waals surface area contributed by atoms with E-state index < -0.39 is 5.97 Å². The van der Waals surface area contributed by atoms with Gasteiger partial charge >= 0.3 is 5.97 Å². The molecule has 1 heterocycles. The lowest BCUT2D eigenvalue weighted by Gasteiger charge is -2.19. The molecule has 0 saturated heterocycles. The predicted molar refractivity (Wildman–Crippen MR) is 68.7 cm³/mol. The lowest BCUT2D eigenvalue weighted by Crippen LogP contribution is -2.23. The van der Waals surface area contributed by atoms with E-state index in [0.717, 1.165) is 17.6 Å². The molecule has 0 unspecified atom stereocenters. The van der Waals surface area contributed by atoms with E-state index in [9.17, 15) is 4.79 Å². The quantitative estimate of drug-likeness (QED) is 0.876. The second-order valence-corrected chi connectivity index (χ2v) is 5.56. The van der Waals surface area contributed by atoms with Gasteiger partial charge in [0.15, 0.2) is 5.13 Å². The predicted octanol–water partition coefficient (Wildman–Crippen LogP) is 2.40. The fraction of sp³-hybridized carbons (Fsp3) is 0.667. The molecule has 94 valence electrons. The molecule has 17 heavy (non-hydrogen) atoms. The van der Waals surface area contributed by atoms with Crippen LogP contribution >= 0.6 is 11.3 Å². The van der Waals surface area contributed by atoms with Gasteiger partial charge in [0, 0.05) is 19.0 Å². The summed E-state index contributed by atoms with van der Waals surface area (Å²) in [6.45, 7) is 1.04. The average molecular weight is 254 g/mol. The summed E-state index contributed by atoms with van der Waals surface area (Å²) in [5, 5.41) is 11.5. The fourth-order valence-corrected chi connectivity index (χ4v) is 3.17. The summed E-state index contributed by atoms with van der Waals surface area (Å²) in [4.78, 5) is 17.1. The number of rotatable bonds is 5. The van der Waals surface area contributed by atoms with Crippen molar-refractivity contribution in [1.29, 1.82) is 0 Å². The molecule has 5 heteroatoms. The van der Waals surface area contributed by atoms with Crippen molar-refractivity contribution in [2.24, 2.45) is 5.92 Å². The maximum absolute atomic E-state index is 10.6. The molecule has 0 atom stereocenters. The highest BCUT2D eigenvalue weighted by Gasteiger charge is 2.18. The zero-order valence-electron chi connectivity index (χ0n) is 10.1. The number of hydrogen-bond acceptors (Lipinski definition) is 4. The SMILES string of the molecule is CN(CC1CCCC1)c1nc(CC(=O)O)cs1. The van der Waals surface area contributed by atoms with Crippen LogP contribution in [0.5, 0.6) is 0 Å². The van der Waals surface area contributed by atoms with Crippen molar-refractivity contribution in [3.8, 4) is 0 Å². The van der Waals surface area contributed by atoms with Crippen LogP contribution in [0.2, 0.25) is 0 Å². The molecule has 0 aliphatic heterocycles. The fourth-order valence-electron chi connectivity index (χ4n) is 2.37. The van der Waals surface area contributed by atoms with Crippen LogP contribution in [0.3, 0.4) is 0 Å². The lowest BCUT2D eigenvalue weighted by molar-refractivity contribution is -0.136. The van der Waals surface area contributed by atoms with Crippen molar-refractivity contribution in [1.82, 2.24) is 4.98 Å². The zero-order valence-corrected chi connectivity index (χ0v) is 10.9. The first-order valence-electron chi connectivity index (χ1n) is 6.02. The van der Waals surface area contributed by atoms with Crippen LogP contribution in [0.25, 0.3) is 0 Å². The summed E-state index contributed by atoms with van der Waals surface area (Å²) in [6.07, 6.45) is 5.35. The third kappa shape index (κ3) is 3.43. The van der Waals surface area contributed by atoms with Crippen molar-refractivity contribution in [3.05, 3.63) is 11.1 Å². The first-order valence-corrected chi connectivity index (χ1v) is 6.90. The van der Waals surface area contributed by atoms with Gasteiger partial charge in [-0.2, -0.15) is 0 Å². The summed E-state index contributed by atoms with van der Waals surface area (Å²) in [6, 6.07) is 0. The Morgan fingerprint density at radius 2 is 2.29 bits per heavy atom. The molecule has 0 spiro atoms. The maximum atomic E-state index is 10.6. The van der Waals surface area contributed by atoms with Crippen LogP contribution < -0.4 is 4.90 Å². The smallest absolute Gasteiger partial charge is 0.309 e. The van der Waals surface area contributed by atoms with Crippen molar-refractivity contribution in [2.75, 3.05) is 18.5 Å². The summed E-state index contributed by atoms with van der Waals surface area (Å²) in [5.74, 6) is -0.0351. The molecule has 2 rings (SSSR count). The minimum Gasteiger partial charge on any atom is -0.481 e. The van der Waals surface area contributed by atoms with E-state index in [-0.39, 0.29) is 6.42 Å². The largest absolute Gasteiger partial charge is 0.481 e. The third-order valence-corrected chi connectivity index (χ3v) is 4.21. The highest BCUT2D eigenvalue weighted by Crippen LogP contribution is 2.28. The number of carboxylic acids is 1. The van der Waals surface area contributed by atoms with E-state index in [2.05, 4.69) is 9.88 Å². The molecule has 1 aliphatic carbocycles. The minimum absolute atomic E-state index is 0.0216. The van der Waals surface area contributed by atoms with E-state index in [1.54, 1.807) is 0 Å². The Labute approximate surface area is 105 Å². The molecule has 1 aromatic rings. The third-order valence-electron chi connectivity index (χ3n) is 3.21. The molecule has 0 aromatic carbocycles. The second-order valence-electron chi connectivity index (χ2n) is 4.72. The van der Waals surface area contributed by atoms with Gasteiger partial charge in [0.05, 0.1) is 12.1 Å². The Morgan fingerprint density at radius 3 is 2.94 bits per heavy atom. The Balaban J connectivity index is 1.91. The summed E-state index contributed by atoms with van der Waals surface area (Å²) < 4.78 is 0. The molecular weight excluding hydrogens is 236 g/mol. The molecule has 1 aliphatic rings. The molecule has 1 N–H and O–H groups in total. The van der Waals surface area contributed by atoms with E-state index in [1.165, 1.54) is 37.0 Å². The van der Waals surface area contributed by atoms with Gasteiger partial charge in [0.25, 0.3) is 0 Å². The normalized spacial score (nSPS) is 16.3. The molecule has 4 nitrogen and oxygen atoms in total. The van der Waals surface area contributed by atoms with Gasteiger partial charge in [-0.1, -0.05) is 12.8 Å². The highest BCUT2D eigenvalue weighted by atomic mass is 32.1. The van der Waals surface area contributed by atoms with E-state index in [4.69, 9.17) is 5.11 Å². The van der Waals surface area contributed by atoms with E-state index in [1.807, 2.05) is 12.4 Å². The molecule has 1 aromatic heterocycles. The number of nitrogens with zero attached hydrogens (tertiary/aromatic N) is 2. The van der Waals surface area contributed by atoms with Gasteiger partial charge in [-0.15, -0.1) is 11.3 Å². The lowest BCUT2D eigenvalue weighted by atomic mass is 10.1. The zero-order chi connectivity index (χ0) is 12.3. The van der Waals surface area contributed by atoms with Crippen LogP contribution in [0.1, 0.15) is 31.4 Å². The molecule has 1 fully saturated rings. The molecule has 0 radical (unpaired) electrons. The number of carboxylic acid groups (broad SMARTS) is 1. The van der Waals surface area contributed by atoms with Gasteiger partial charge in [-0.3, -0.25) is 4.79 Å². The molecular formula is C12H18N2O2S. The summed E-state index contributed by atoms with van der Waals surface area (Å²) in [7, 11) is 2.04. The van der Waals surface area contributed by atoms with Crippen LogP contribution in [-0.2, 0) is 11.2 Å². The monoisotopic (exact) mass is 254 g/mol. The summed E-state index contributed by atoms with van der Waals surface area (Å²) in [5.41, 5.74) is 0.663. The average Bonchev–Trinajstić information content (AvgIpc) is 2.87. The van der Waals surface area contributed by atoms with E-state index in [0.29, 0.717) is 5.69 Å². The van der Waals surface area contributed by atoms with Gasteiger partial charge in [-0.25, -0.2) is 4.98 Å². The van der Waals surface area contributed by atoms with Gasteiger partial charge < -0.3 is 10.0 Å². The van der Waals surface area contributed by atoms with Gasteiger partial charge in [-0.05, 0) is 18.8 Å². The van der Waals surface area contributed by atoms with Crippen molar-refractivity contribution >= 4 is 22.4 Å². The standard InChI is InChI=1S/C12H18N2O2S/c1-14(7-9-4-2-3-5-9)12-13-10(8-17-12)6-11(15)16/h8-9H,2-7H2,1H3,(H,15,16). The van der Waals surface area contributed by atoms with Gasteiger partial charge in [0.2, 0.25) is 0 Å². The maximum Gasteiger partial charge on any atom is 0.309 e. The van der Waals surface area contributed by atoms with Gasteiger partial charge in [0.1, 0.15) is 0 Å². The molecule has 0 bridgehead atoms. The number of carbonyl (C=O) groups is 1. The molecule has 0 amide bonds. The highest BCUT2D eigenvalue weighted by molar-refractivity contribution is 7.13. The van der Waals surface area contributed by atoms with Crippen LogP contribution in [0.4, 0.5) is 5.13 Å². The number of aliphatic carboxylic acids is 1. The van der Waals surface area contributed by atoms with Crippen molar-refractivity contribution in [3.63, 3.8) is 0 Å². The van der Waals surface area contributed by atoms with Crippen molar-refractivity contribution < 1.29 is 9.90 Å². The Morgan fingerprint density at radius 1 is 1.59 bits per heavy atom. The van der Waals surface area contributed by atoms with Crippen LogP contribution in [0, 0.1) is 5.92 Å². The minimum atomic E-state index is -0.819. The number of thiazole rings is 1. The topological polar surface area (TPSA) is 53.4 Å². The summed E-state index contributed by atoms with van der Waals surface area (Å²) >= 11 is 1.53. The van der Waals surface area contributed by atoms with Crippen LogP contribution in [-0.4, -0.2) is 29.7 Å². The number of hydrogen-bond donors (Lipinski definition) is 1. The Hall–Kier alpha value is -1.10.